The van der Waals surface area contributed by atoms with Gasteiger partial charge in [-0.3, -0.25) is 0 Å². The molecule has 18 heavy (non-hydrogen) atoms. The Morgan fingerprint density at radius 1 is 0.833 bits per heavy atom. The molecule has 0 saturated carbocycles. The van der Waals surface area contributed by atoms with Crippen molar-refractivity contribution in [2.24, 2.45) is 11.8 Å². The number of aryl methyl sites for hydroxylation is 2. The summed E-state index contributed by atoms with van der Waals surface area (Å²) in [5.41, 5.74) is 3.95. The van der Waals surface area contributed by atoms with Gasteiger partial charge in [-0.05, 0) is 61.8 Å². The van der Waals surface area contributed by atoms with Crippen LogP contribution in [0.15, 0.2) is 18.2 Å². The maximum absolute atomic E-state index is 3.72. The van der Waals surface area contributed by atoms with Crippen molar-refractivity contribution in [3.8, 4) is 0 Å². The summed E-state index contributed by atoms with van der Waals surface area (Å²) in [6, 6.07) is 7.32. The molecule has 0 radical (unpaired) electrons. The Morgan fingerprint density at radius 3 is 1.67 bits per heavy atom. The van der Waals surface area contributed by atoms with Gasteiger partial charge in [0.15, 0.2) is 0 Å². The molecule has 0 heterocycles. The summed E-state index contributed by atoms with van der Waals surface area (Å²) < 4.78 is 0. The van der Waals surface area contributed by atoms with Gasteiger partial charge in [0.2, 0.25) is 0 Å². The zero-order chi connectivity index (χ0) is 13.7. The first-order valence-electron chi connectivity index (χ1n) is 7.21. The second-order valence-corrected chi connectivity index (χ2v) is 6.48. The SMILES string of the molecule is Cc1cc(C)cc(NC(CC(C)C)CC(C)C)c1. The second-order valence-electron chi connectivity index (χ2n) is 6.48. The number of hydrogen-bond donors (Lipinski definition) is 1. The normalized spacial score (nSPS) is 11.6. The van der Waals surface area contributed by atoms with Crippen LogP contribution in [0.2, 0.25) is 0 Å². The summed E-state index contributed by atoms with van der Waals surface area (Å²) in [5, 5.41) is 3.72. The monoisotopic (exact) mass is 247 g/mol. The molecule has 1 N–H and O–H groups in total. The molecule has 0 fully saturated rings. The van der Waals surface area contributed by atoms with Crippen LogP contribution in [0.5, 0.6) is 0 Å². The molecule has 1 heteroatoms. The van der Waals surface area contributed by atoms with Gasteiger partial charge in [0.05, 0.1) is 0 Å². The fourth-order valence-corrected chi connectivity index (χ4v) is 2.65. The van der Waals surface area contributed by atoms with E-state index in [0.717, 1.165) is 11.8 Å². The Labute approximate surface area is 113 Å². The van der Waals surface area contributed by atoms with Crippen molar-refractivity contribution in [3.05, 3.63) is 29.3 Å². The fraction of sp³-hybridized carbons (Fsp3) is 0.647. The lowest BCUT2D eigenvalue weighted by Crippen LogP contribution is -2.23. The van der Waals surface area contributed by atoms with Crippen molar-refractivity contribution in [2.45, 2.75) is 60.4 Å². The molecule has 0 bridgehead atoms. The van der Waals surface area contributed by atoms with Gasteiger partial charge in [-0.1, -0.05) is 33.8 Å². The molecule has 1 rings (SSSR count). The van der Waals surface area contributed by atoms with Crippen LogP contribution in [0.25, 0.3) is 0 Å². The molecular formula is C17H29N. The molecule has 0 aliphatic carbocycles. The van der Waals surface area contributed by atoms with Gasteiger partial charge < -0.3 is 5.32 Å². The van der Waals surface area contributed by atoms with E-state index in [1.807, 2.05) is 0 Å². The van der Waals surface area contributed by atoms with Crippen LogP contribution in [0, 0.1) is 25.7 Å². The average molecular weight is 247 g/mol. The van der Waals surface area contributed by atoms with Gasteiger partial charge in [0.25, 0.3) is 0 Å². The highest BCUT2D eigenvalue weighted by molar-refractivity contribution is 5.49. The van der Waals surface area contributed by atoms with Gasteiger partial charge >= 0.3 is 0 Å². The number of anilines is 1. The van der Waals surface area contributed by atoms with Crippen molar-refractivity contribution in [1.29, 1.82) is 0 Å². The Balaban J connectivity index is 2.74. The zero-order valence-electron chi connectivity index (χ0n) is 12.9. The summed E-state index contributed by atoms with van der Waals surface area (Å²) in [4.78, 5) is 0. The average Bonchev–Trinajstić information content (AvgIpc) is 2.12. The predicted molar refractivity (Wildman–Crippen MR) is 82.2 cm³/mol. The first-order chi connectivity index (χ1) is 8.36. The maximum atomic E-state index is 3.72. The molecule has 0 aliphatic rings. The molecule has 0 aliphatic heterocycles. The molecule has 102 valence electrons. The van der Waals surface area contributed by atoms with Crippen LogP contribution < -0.4 is 5.32 Å². The van der Waals surface area contributed by atoms with Gasteiger partial charge in [-0.25, -0.2) is 0 Å². The van der Waals surface area contributed by atoms with Crippen LogP contribution in [0.1, 0.15) is 51.7 Å². The summed E-state index contributed by atoms with van der Waals surface area (Å²) in [6.07, 6.45) is 2.48. The van der Waals surface area contributed by atoms with Gasteiger partial charge in [-0.2, -0.15) is 0 Å². The van der Waals surface area contributed by atoms with Crippen LogP contribution in [-0.2, 0) is 0 Å². The van der Waals surface area contributed by atoms with E-state index in [2.05, 4.69) is 65.1 Å². The lowest BCUT2D eigenvalue weighted by atomic mass is 9.95. The molecule has 1 aromatic rings. The summed E-state index contributed by atoms with van der Waals surface area (Å²) in [6.45, 7) is 13.5. The minimum Gasteiger partial charge on any atom is -0.382 e. The molecular weight excluding hydrogens is 218 g/mol. The third kappa shape index (κ3) is 5.57. The van der Waals surface area contributed by atoms with E-state index in [9.17, 15) is 0 Å². The number of hydrogen-bond acceptors (Lipinski definition) is 1. The van der Waals surface area contributed by atoms with Crippen molar-refractivity contribution in [1.82, 2.24) is 0 Å². The third-order valence-electron chi connectivity index (χ3n) is 3.10. The van der Waals surface area contributed by atoms with E-state index in [4.69, 9.17) is 0 Å². The Morgan fingerprint density at radius 2 is 1.28 bits per heavy atom. The maximum Gasteiger partial charge on any atom is 0.0347 e. The molecule has 0 unspecified atom stereocenters. The highest BCUT2D eigenvalue weighted by Gasteiger charge is 2.13. The van der Waals surface area contributed by atoms with Crippen molar-refractivity contribution in [2.75, 3.05) is 5.32 Å². The molecule has 0 saturated heterocycles. The molecule has 1 nitrogen and oxygen atoms in total. The highest BCUT2D eigenvalue weighted by atomic mass is 14.9. The van der Waals surface area contributed by atoms with E-state index >= 15 is 0 Å². The van der Waals surface area contributed by atoms with E-state index in [1.54, 1.807) is 0 Å². The smallest absolute Gasteiger partial charge is 0.0347 e. The van der Waals surface area contributed by atoms with Crippen LogP contribution >= 0.6 is 0 Å². The molecule has 0 aromatic heterocycles. The van der Waals surface area contributed by atoms with Crippen molar-refractivity contribution in [3.63, 3.8) is 0 Å². The highest BCUT2D eigenvalue weighted by Crippen LogP contribution is 2.20. The molecule has 0 spiro atoms. The first-order valence-corrected chi connectivity index (χ1v) is 7.21. The van der Waals surface area contributed by atoms with E-state index in [0.29, 0.717) is 6.04 Å². The molecule has 0 atom stereocenters. The Hall–Kier alpha value is -0.980. The minimum atomic E-state index is 0.589. The van der Waals surface area contributed by atoms with E-state index in [1.165, 1.54) is 29.7 Å². The van der Waals surface area contributed by atoms with Gasteiger partial charge in [0, 0.05) is 11.7 Å². The predicted octanol–water partition coefficient (Wildman–Crippen LogP) is 5.18. The largest absolute Gasteiger partial charge is 0.382 e. The quantitative estimate of drug-likeness (QED) is 0.730. The first kappa shape index (κ1) is 15.1. The third-order valence-corrected chi connectivity index (χ3v) is 3.10. The van der Waals surface area contributed by atoms with Crippen LogP contribution in [0.4, 0.5) is 5.69 Å². The lowest BCUT2D eigenvalue weighted by molar-refractivity contribution is 0.442. The van der Waals surface area contributed by atoms with Gasteiger partial charge in [0.1, 0.15) is 0 Å². The summed E-state index contributed by atoms with van der Waals surface area (Å²) in [5.74, 6) is 1.49. The summed E-state index contributed by atoms with van der Waals surface area (Å²) >= 11 is 0. The topological polar surface area (TPSA) is 12.0 Å². The minimum absolute atomic E-state index is 0.589. The Bertz CT molecular complexity index is 336. The number of benzene rings is 1. The van der Waals surface area contributed by atoms with Crippen molar-refractivity contribution < 1.29 is 0 Å². The van der Waals surface area contributed by atoms with Gasteiger partial charge in [-0.15, -0.1) is 0 Å². The Kier molecular flexibility index (Phi) is 5.71. The summed E-state index contributed by atoms with van der Waals surface area (Å²) in [7, 11) is 0. The standard InChI is InChI=1S/C17H29N/c1-12(2)7-16(8-13(3)4)18-17-10-14(5)9-15(6)11-17/h9-13,16,18H,7-8H2,1-6H3. The molecule has 1 aromatic carbocycles. The lowest BCUT2D eigenvalue weighted by Gasteiger charge is -2.24. The van der Waals surface area contributed by atoms with Crippen LogP contribution in [0.3, 0.4) is 0 Å². The molecule has 0 amide bonds. The number of rotatable bonds is 6. The fourth-order valence-electron chi connectivity index (χ4n) is 2.65. The number of nitrogens with one attached hydrogen (secondary N) is 1. The second kappa shape index (κ2) is 6.82. The zero-order valence-corrected chi connectivity index (χ0v) is 12.9. The van der Waals surface area contributed by atoms with E-state index in [-0.39, 0.29) is 0 Å². The van der Waals surface area contributed by atoms with E-state index < -0.39 is 0 Å². The van der Waals surface area contributed by atoms with Crippen molar-refractivity contribution >= 4 is 5.69 Å². The van der Waals surface area contributed by atoms with Crippen LogP contribution in [-0.4, -0.2) is 6.04 Å².